The van der Waals surface area contributed by atoms with Crippen LogP contribution in [0.2, 0.25) is 0 Å². The van der Waals surface area contributed by atoms with Gasteiger partial charge in [0.25, 0.3) is 0 Å². The lowest BCUT2D eigenvalue weighted by Gasteiger charge is -2.38. The first-order chi connectivity index (χ1) is 14.0. The van der Waals surface area contributed by atoms with E-state index in [-0.39, 0.29) is 17.7 Å². The Bertz CT molecular complexity index is 918. The second-order valence-corrected chi connectivity index (χ2v) is 8.81. The van der Waals surface area contributed by atoms with E-state index in [1.807, 2.05) is 12.1 Å². The maximum atomic E-state index is 13.2. The van der Waals surface area contributed by atoms with E-state index in [0.717, 1.165) is 44.7 Å². The Morgan fingerprint density at radius 1 is 1.10 bits per heavy atom. The third kappa shape index (κ3) is 3.52. The van der Waals surface area contributed by atoms with E-state index in [1.165, 1.54) is 16.7 Å². The molecule has 5 heteroatoms. The number of piperidine rings is 1. The Hall–Kier alpha value is -2.40. The predicted molar refractivity (Wildman–Crippen MR) is 108 cm³/mol. The van der Waals surface area contributed by atoms with Crippen molar-refractivity contribution in [2.24, 2.45) is 0 Å². The second-order valence-electron chi connectivity index (χ2n) is 8.81. The number of carbonyl (C=O) groups is 1. The summed E-state index contributed by atoms with van der Waals surface area (Å²) in [5.74, 6) is 1.07. The molecular formula is C24H26FNO3. The Balaban J connectivity index is 1.27. The van der Waals surface area contributed by atoms with Gasteiger partial charge in [-0.15, -0.1) is 0 Å². The number of aliphatic carboxylic acids is 1. The average molecular weight is 395 g/mol. The minimum absolute atomic E-state index is 0.0769. The van der Waals surface area contributed by atoms with Crippen molar-refractivity contribution in [2.45, 2.75) is 42.9 Å². The molecule has 2 aromatic carbocycles. The zero-order valence-corrected chi connectivity index (χ0v) is 16.4. The summed E-state index contributed by atoms with van der Waals surface area (Å²) in [6.45, 7) is 3.20. The molecular weight excluding hydrogens is 369 g/mol. The number of rotatable bonds is 5. The monoisotopic (exact) mass is 395 g/mol. The topological polar surface area (TPSA) is 49.8 Å². The maximum absolute atomic E-state index is 13.2. The highest BCUT2D eigenvalue weighted by Gasteiger charge is 2.45. The van der Waals surface area contributed by atoms with Crippen LogP contribution >= 0.6 is 0 Å². The van der Waals surface area contributed by atoms with Crippen LogP contribution in [-0.4, -0.2) is 42.2 Å². The van der Waals surface area contributed by atoms with Crippen LogP contribution in [0, 0.1) is 5.82 Å². The van der Waals surface area contributed by atoms with Gasteiger partial charge < -0.3 is 14.7 Å². The lowest BCUT2D eigenvalue weighted by molar-refractivity contribution is -0.137. The molecule has 2 aliphatic heterocycles. The Morgan fingerprint density at radius 3 is 2.52 bits per heavy atom. The number of ether oxygens (including phenoxy) is 1. The molecule has 0 bridgehead atoms. The van der Waals surface area contributed by atoms with Crippen LogP contribution in [0.1, 0.15) is 54.2 Å². The number of benzene rings is 2. The molecule has 2 unspecified atom stereocenters. The predicted octanol–water partition coefficient (Wildman–Crippen LogP) is 4.30. The molecule has 0 aromatic heterocycles. The maximum Gasteiger partial charge on any atom is 0.304 e. The number of likely N-dealkylation sites (tertiary alicyclic amines) is 1. The highest BCUT2D eigenvalue weighted by Crippen LogP contribution is 2.56. The van der Waals surface area contributed by atoms with Crippen molar-refractivity contribution in [3.8, 4) is 5.75 Å². The molecule has 1 spiro atoms. The van der Waals surface area contributed by atoms with Gasteiger partial charge in [0.1, 0.15) is 11.6 Å². The summed E-state index contributed by atoms with van der Waals surface area (Å²) >= 11 is 0. The zero-order valence-electron chi connectivity index (χ0n) is 16.4. The molecule has 3 aliphatic rings. The molecule has 2 heterocycles. The molecule has 1 N–H and O–H groups in total. The van der Waals surface area contributed by atoms with Gasteiger partial charge in [-0.05, 0) is 73.5 Å². The number of nitrogens with zero attached hydrogens (tertiary/aromatic N) is 1. The molecule has 1 aliphatic carbocycles. The van der Waals surface area contributed by atoms with Crippen molar-refractivity contribution in [2.75, 3.05) is 26.2 Å². The average Bonchev–Trinajstić information content (AvgIpc) is 3.46. The third-order valence-corrected chi connectivity index (χ3v) is 7.05. The highest BCUT2D eigenvalue weighted by molar-refractivity contribution is 5.66. The summed E-state index contributed by atoms with van der Waals surface area (Å²) in [5, 5.41) is 8.90. The lowest BCUT2D eigenvalue weighted by atomic mass is 9.74. The lowest BCUT2D eigenvalue weighted by Crippen LogP contribution is -2.44. The van der Waals surface area contributed by atoms with Crippen molar-refractivity contribution in [1.29, 1.82) is 0 Å². The van der Waals surface area contributed by atoms with Gasteiger partial charge in [0.15, 0.2) is 0 Å². The first-order valence-electron chi connectivity index (χ1n) is 10.5. The Kier molecular flexibility index (Phi) is 4.58. The van der Waals surface area contributed by atoms with Gasteiger partial charge in [-0.25, -0.2) is 4.39 Å². The van der Waals surface area contributed by atoms with E-state index in [4.69, 9.17) is 9.84 Å². The smallest absolute Gasteiger partial charge is 0.304 e. The summed E-state index contributed by atoms with van der Waals surface area (Å²) < 4.78 is 19.3. The van der Waals surface area contributed by atoms with E-state index in [1.54, 1.807) is 12.1 Å². The Morgan fingerprint density at radius 2 is 1.79 bits per heavy atom. The number of hydrogen-bond acceptors (Lipinski definition) is 3. The minimum atomic E-state index is -0.730. The molecule has 1 saturated heterocycles. The summed E-state index contributed by atoms with van der Waals surface area (Å²) in [6.07, 6.45) is 3.34. The number of fused-ring (bicyclic) bond motifs is 2. The van der Waals surface area contributed by atoms with Crippen molar-refractivity contribution in [3.05, 3.63) is 65.0 Å². The van der Waals surface area contributed by atoms with Crippen LogP contribution in [0.5, 0.6) is 5.75 Å². The summed E-state index contributed by atoms with van der Waals surface area (Å²) in [5.41, 5.74) is 3.92. The van der Waals surface area contributed by atoms with Crippen LogP contribution in [0.15, 0.2) is 42.5 Å². The standard InChI is InChI=1S/C24H26FNO3/c25-18-4-1-16(2-5-18)19-14-20(19)17-3-6-21-22(13-17)29-15-24(21)8-11-26(12-9-24)10-7-23(27)28/h1-6,13,19-20H,7-12,14-15H2,(H,27,28). The fourth-order valence-corrected chi connectivity index (χ4v) is 5.13. The second kappa shape index (κ2) is 7.13. The van der Waals surface area contributed by atoms with E-state index in [9.17, 15) is 9.18 Å². The molecule has 2 atom stereocenters. The van der Waals surface area contributed by atoms with Gasteiger partial charge in [-0.3, -0.25) is 4.79 Å². The zero-order chi connectivity index (χ0) is 20.0. The molecule has 0 radical (unpaired) electrons. The third-order valence-electron chi connectivity index (χ3n) is 7.05. The first-order valence-corrected chi connectivity index (χ1v) is 10.5. The van der Waals surface area contributed by atoms with Gasteiger partial charge in [0.05, 0.1) is 13.0 Å². The summed E-state index contributed by atoms with van der Waals surface area (Å²) in [7, 11) is 0. The van der Waals surface area contributed by atoms with E-state index in [2.05, 4.69) is 23.1 Å². The molecule has 152 valence electrons. The van der Waals surface area contributed by atoms with E-state index < -0.39 is 5.97 Å². The van der Waals surface area contributed by atoms with Gasteiger partial charge in [0, 0.05) is 17.5 Å². The minimum Gasteiger partial charge on any atom is -0.492 e. The molecule has 2 aromatic rings. The van der Waals surface area contributed by atoms with Crippen LogP contribution < -0.4 is 4.74 Å². The molecule has 1 saturated carbocycles. The normalized spacial score (nSPS) is 24.9. The Labute approximate surface area is 170 Å². The fourth-order valence-electron chi connectivity index (χ4n) is 5.13. The van der Waals surface area contributed by atoms with Crippen molar-refractivity contribution < 1.29 is 19.0 Å². The number of carboxylic acids is 1. The van der Waals surface area contributed by atoms with Gasteiger partial charge >= 0.3 is 5.97 Å². The molecule has 4 nitrogen and oxygen atoms in total. The van der Waals surface area contributed by atoms with E-state index >= 15 is 0 Å². The van der Waals surface area contributed by atoms with Crippen molar-refractivity contribution in [1.82, 2.24) is 4.90 Å². The van der Waals surface area contributed by atoms with E-state index in [0.29, 0.717) is 18.4 Å². The van der Waals surface area contributed by atoms with Gasteiger partial charge in [-0.2, -0.15) is 0 Å². The fraction of sp³-hybridized carbons (Fsp3) is 0.458. The molecule has 2 fully saturated rings. The van der Waals surface area contributed by atoms with Crippen molar-refractivity contribution in [3.63, 3.8) is 0 Å². The molecule has 29 heavy (non-hydrogen) atoms. The quantitative estimate of drug-likeness (QED) is 0.820. The van der Waals surface area contributed by atoms with Crippen LogP contribution in [0.25, 0.3) is 0 Å². The van der Waals surface area contributed by atoms with Gasteiger partial charge in [0.2, 0.25) is 0 Å². The largest absolute Gasteiger partial charge is 0.492 e. The summed E-state index contributed by atoms with van der Waals surface area (Å²) in [4.78, 5) is 13.1. The number of hydrogen-bond donors (Lipinski definition) is 1. The van der Waals surface area contributed by atoms with Crippen LogP contribution in [-0.2, 0) is 10.2 Å². The first kappa shape index (κ1) is 18.6. The number of carboxylic acid groups (broad SMARTS) is 1. The molecule has 0 amide bonds. The SMILES string of the molecule is O=C(O)CCN1CCC2(CC1)COc1cc(C3CC3c3ccc(F)cc3)ccc12. The molecule has 5 rings (SSSR count). The van der Waals surface area contributed by atoms with Crippen LogP contribution in [0.4, 0.5) is 4.39 Å². The van der Waals surface area contributed by atoms with Crippen molar-refractivity contribution >= 4 is 5.97 Å². The number of halogens is 1. The van der Waals surface area contributed by atoms with Crippen LogP contribution in [0.3, 0.4) is 0 Å². The van der Waals surface area contributed by atoms with Gasteiger partial charge in [-0.1, -0.05) is 24.3 Å². The highest BCUT2D eigenvalue weighted by atomic mass is 19.1. The summed E-state index contributed by atoms with van der Waals surface area (Å²) in [6, 6.07) is 13.6.